The first-order chi connectivity index (χ1) is 9.20. The molecule has 0 bridgehead atoms. The molecule has 1 aliphatic carbocycles. The van der Waals surface area contributed by atoms with Crippen LogP contribution in [0.15, 0.2) is 6.20 Å². The quantitative estimate of drug-likeness (QED) is 0.797. The molecular formula is C12H15ClN4O2. The second-order valence-electron chi connectivity index (χ2n) is 4.91. The molecule has 1 amide bonds. The van der Waals surface area contributed by atoms with Crippen molar-refractivity contribution in [3.05, 3.63) is 11.5 Å². The Morgan fingerprint density at radius 2 is 2.21 bits per heavy atom. The molecule has 1 aromatic rings. The van der Waals surface area contributed by atoms with E-state index in [1.807, 2.05) is 4.90 Å². The summed E-state index contributed by atoms with van der Waals surface area (Å²) in [4.78, 5) is 22.1. The summed E-state index contributed by atoms with van der Waals surface area (Å²) >= 11 is 5.85. The van der Waals surface area contributed by atoms with Crippen LogP contribution in [-0.4, -0.2) is 39.7 Å². The fourth-order valence-electron chi connectivity index (χ4n) is 2.91. The summed E-state index contributed by atoms with van der Waals surface area (Å²) in [6.07, 6.45) is 5.79. The van der Waals surface area contributed by atoms with Gasteiger partial charge < -0.3 is 15.3 Å². The van der Waals surface area contributed by atoms with Crippen LogP contribution in [0.25, 0.3) is 0 Å². The Morgan fingerprint density at radius 1 is 1.47 bits per heavy atom. The summed E-state index contributed by atoms with van der Waals surface area (Å²) in [5.74, 6) is 0.401. The number of aliphatic hydroxyl groups excluding tert-OH is 1. The van der Waals surface area contributed by atoms with Crippen LogP contribution < -0.4 is 10.2 Å². The molecule has 2 aliphatic rings. The monoisotopic (exact) mass is 282 g/mol. The number of fused-ring (bicyclic) bond motifs is 1. The van der Waals surface area contributed by atoms with Crippen molar-refractivity contribution in [3.8, 4) is 0 Å². The van der Waals surface area contributed by atoms with Crippen molar-refractivity contribution in [2.24, 2.45) is 0 Å². The Morgan fingerprint density at radius 3 is 2.89 bits per heavy atom. The fraction of sp³-hybridized carbons (Fsp3) is 0.583. The van der Waals surface area contributed by atoms with E-state index >= 15 is 0 Å². The predicted octanol–water partition coefficient (Wildman–Crippen LogP) is 1.19. The molecule has 1 atom stereocenters. The number of rotatable bonds is 2. The Hall–Kier alpha value is -1.40. The number of aromatic nitrogens is 2. The van der Waals surface area contributed by atoms with Crippen molar-refractivity contribution in [3.63, 3.8) is 0 Å². The highest BCUT2D eigenvalue weighted by Gasteiger charge is 2.39. The van der Waals surface area contributed by atoms with Gasteiger partial charge >= 0.3 is 0 Å². The van der Waals surface area contributed by atoms with E-state index in [2.05, 4.69) is 15.3 Å². The first-order valence-corrected chi connectivity index (χ1v) is 6.81. The van der Waals surface area contributed by atoms with Gasteiger partial charge in [-0.05, 0) is 24.4 Å². The second kappa shape index (κ2) is 4.94. The highest BCUT2D eigenvalue weighted by molar-refractivity contribution is 6.28. The number of halogens is 1. The zero-order chi connectivity index (χ0) is 13.4. The van der Waals surface area contributed by atoms with E-state index < -0.39 is 6.04 Å². The molecule has 0 saturated heterocycles. The highest BCUT2D eigenvalue weighted by Crippen LogP contribution is 2.36. The van der Waals surface area contributed by atoms with Crippen molar-refractivity contribution in [1.29, 1.82) is 0 Å². The van der Waals surface area contributed by atoms with E-state index in [0.717, 1.165) is 25.7 Å². The van der Waals surface area contributed by atoms with Gasteiger partial charge in [-0.25, -0.2) is 4.98 Å². The predicted molar refractivity (Wildman–Crippen MR) is 71.3 cm³/mol. The molecule has 1 saturated carbocycles. The number of amides is 1. The van der Waals surface area contributed by atoms with Crippen molar-refractivity contribution in [2.45, 2.75) is 37.8 Å². The molecule has 19 heavy (non-hydrogen) atoms. The van der Waals surface area contributed by atoms with Gasteiger partial charge in [0.25, 0.3) is 0 Å². The maximum Gasteiger partial charge on any atom is 0.249 e. The van der Waals surface area contributed by atoms with Gasteiger partial charge in [0, 0.05) is 6.04 Å². The molecule has 1 unspecified atom stereocenters. The molecule has 102 valence electrons. The lowest BCUT2D eigenvalue weighted by molar-refractivity contribution is -0.118. The Labute approximate surface area is 115 Å². The van der Waals surface area contributed by atoms with Crippen LogP contribution in [0.3, 0.4) is 0 Å². The standard InChI is InChI=1S/C12H15ClN4O2/c13-12-14-5-8-10(16-12)17(7-3-1-2-4-7)9(6-18)11(19)15-8/h5,7,9,18H,1-4,6H2,(H,15,19). The first kappa shape index (κ1) is 12.6. The molecule has 2 heterocycles. The normalized spacial score (nSPS) is 23.4. The second-order valence-corrected chi connectivity index (χ2v) is 5.25. The van der Waals surface area contributed by atoms with Gasteiger partial charge in [-0.3, -0.25) is 4.79 Å². The molecule has 2 N–H and O–H groups in total. The summed E-state index contributed by atoms with van der Waals surface area (Å²) in [7, 11) is 0. The van der Waals surface area contributed by atoms with E-state index in [9.17, 15) is 9.90 Å². The topological polar surface area (TPSA) is 78.4 Å². The minimum Gasteiger partial charge on any atom is -0.394 e. The van der Waals surface area contributed by atoms with Gasteiger partial charge in [0.15, 0.2) is 5.82 Å². The highest BCUT2D eigenvalue weighted by atomic mass is 35.5. The third-order valence-corrected chi connectivity index (χ3v) is 3.95. The minimum atomic E-state index is -0.596. The molecular weight excluding hydrogens is 268 g/mol. The lowest BCUT2D eigenvalue weighted by Gasteiger charge is -2.39. The van der Waals surface area contributed by atoms with Crippen LogP contribution in [0, 0.1) is 0 Å². The Bertz CT molecular complexity index is 505. The van der Waals surface area contributed by atoms with Gasteiger partial charge in [0.05, 0.1) is 12.8 Å². The van der Waals surface area contributed by atoms with Crippen LogP contribution >= 0.6 is 11.6 Å². The molecule has 0 spiro atoms. The fourth-order valence-corrected chi connectivity index (χ4v) is 3.04. The van der Waals surface area contributed by atoms with Gasteiger partial charge in [0.2, 0.25) is 11.2 Å². The molecule has 0 aromatic carbocycles. The molecule has 7 heteroatoms. The Kier molecular flexibility index (Phi) is 3.28. The Balaban J connectivity index is 2.05. The van der Waals surface area contributed by atoms with Gasteiger partial charge in [-0.1, -0.05) is 12.8 Å². The number of anilines is 2. The van der Waals surface area contributed by atoms with Crippen molar-refractivity contribution < 1.29 is 9.90 Å². The first-order valence-electron chi connectivity index (χ1n) is 6.43. The summed E-state index contributed by atoms with van der Waals surface area (Å²) in [5, 5.41) is 12.4. The summed E-state index contributed by atoms with van der Waals surface area (Å²) in [5.41, 5.74) is 0.561. The SMILES string of the molecule is O=C1Nc2cnc(Cl)nc2N(C2CCCC2)C1CO. The summed E-state index contributed by atoms with van der Waals surface area (Å²) in [6, 6.07) is -0.366. The maximum atomic E-state index is 12.0. The zero-order valence-electron chi connectivity index (χ0n) is 10.3. The number of hydrogen-bond acceptors (Lipinski definition) is 5. The van der Waals surface area contributed by atoms with E-state index in [-0.39, 0.29) is 23.8 Å². The number of nitrogens with zero attached hydrogens (tertiary/aromatic N) is 3. The molecule has 6 nitrogen and oxygen atoms in total. The summed E-state index contributed by atoms with van der Waals surface area (Å²) < 4.78 is 0. The average Bonchev–Trinajstić information content (AvgIpc) is 2.91. The van der Waals surface area contributed by atoms with E-state index in [4.69, 9.17) is 11.6 Å². The van der Waals surface area contributed by atoms with Crippen LogP contribution in [-0.2, 0) is 4.79 Å². The third-order valence-electron chi connectivity index (χ3n) is 3.77. The average molecular weight is 283 g/mol. The van der Waals surface area contributed by atoms with Crippen molar-refractivity contribution in [2.75, 3.05) is 16.8 Å². The van der Waals surface area contributed by atoms with Crippen molar-refractivity contribution in [1.82, 2.24) is 9.97 Å². The van der Waals surface area contributed by atoms with Crippen LogP contribution in [0.5, 0.6) is 0 Å². The van der Waals surface area contributed by atoms with Gasteiger partial charge in [-0.15, -0.1) is 0 Å². The molecule has 1 aliphatic heterocycles. The molecule has 3 rings (SSSR count). The summed E-state index contributed by atoms with van der Waals surface area (Å²) in [6.45, 7) is -0.233. The third kappa shape index (κ3) is 2.15. The number of carbonyl (C=O) groups is 1. The molecule has 1 aromatic heterocycles. The maximum absolute atomic E-state index is 12.0. The minimum absolute atomic E-state index is 0.148. The number of nitrogens with one attached hydrogen (secondary N) is 1. The van der Waals surface area contributed by atoms with Crippen LogP contribution in [0.2, 0.25) is 5.28 Å². The van der Waals surface area contributed by atoms with Gasteiger partial charge in [-0.2, -0.15) is 4.98 Å². The van der Waals surface area contributed by atoms with Crippen LogP contribution in [0.1, 0.15) is 25.7 Å². The van der Waals surface area contributed by atoms with E-state index in [1.54, 1.807) is 0 Å². The zero-order valence-corrected chi connectivity index (χ0v) is 11.1. The largest absolute Gasteiger partial charge is 0.394 e. The lowest BCUT2D eigenvalue weighted by atomic mass is 10.1. The number of aliphatic hydroxyl groups is 1. The number of carbonyl (C=O) groups excluding carboxylic acids is 1. The van der Waals surface area contributed by atoms with E-state index in [1.165, 1.54) is 6.20 Å². The van der Waals surface area contributed by atoms with Crippen molar-refractivity contribution >= 4 is 29.0 Å². The van der Waals surface area contributed by atoms with Gasteiger partial charge in [0.1, 0.15) is 11.7 Å². The van der Waals surface area contributed by atoms with E-state index in [0.29, 0.717) is 11.5 Å². The molecule has 1 fully saturated rings. The van der Waals surface area contributed by atoms with Crippen LogP contribution in [0.4, 0.5) is 11.5 Å². The molecule has 0 radical (unpaired) electrons. The smallest absolute Gasteiger partial charge is 0.249 e. The lowest BCUT2D eigenvalue weighted by Crippen LogP contribution is -2.54. The number of hydrogen-bond donors (Lipinski definition) is 2.